The van der Waals surface area contributed by atoms with Gasteiger partial charge in [-0.05, 0) is 13.0 Å². The molecule has 0 aromatic heterocycles. The molecule has 1 aromatic rings. The van der Waals surface area contributed by atoms with Crippen LogP contribution in [0.4, 0.5) is 11.4 Å². The van der Waals surface area contributed by atoms with Crippen LogP contribution in [0.15, 0.2) is 18.2 Å². The van der Waals surface area contributed by atoms with Crippen molar-refractivity contribution in [2.24, 2.45) is 0 Å². The standard InChI is InChI=1S/C16H16ClN3O7/c1-9(27-15(23)6-7-19-13(21)4-5-14(19)22)16(24)18-12-8-10(20(25)26)2-3-11(12)17/h2-3,8-9H,4-7H2,1H3,(H,18,24). The first-order valence-electron chi connectivity index (χ1n) is 7.96. The molecule has 27 heavy (non-hydrogen) atoms. The van der Waals surface area contributed by atoms with Gasteiger partial charge in [0.1, 0.15) is 0 Å². The molecule has 1 atom stereocenters. The van der Waals surface area contributed by atoms with E-state index in [-0.39, 0.29) is 54.0 Å². The highest BCUT2D eigenvalue weighted by Crippen LogP contribution is 2.26. The Morgan fingerprint density at radius 3 is 2.56 bits per heavy atom. The van der Waals surface area contributed by atoms with Crippen molar-refractivity contribution in [3.05, 3.63) is 33.3 Å². The number of esters is 1. The smallest absolute Gasteiger partial charge is 0.308 e. The summed E-state index contributed by atoms with van der Waals surface area (Å²) in [4.78, 5) is 58.0. The minimum absolute atomic E-state index is 0.00651. The number of nitrogens with zero attached hydrogens (tertiary/aromatic N) is 2. The molecule has 1 unspecified atom stereocenters. The molecule has 1 fully saturated rings. The number of amides is 3. The number of nitro benzene ring substituents is 1. The van der Waals surface area contributed by atoms with Crippen LogP contribution >= 0.6 is 11.6 Å². The van der Waals surface area contributed by atoms with Gasteiger partial charge in [0.05, 0.1) is 22.1 Å². The second-order valence-electron chi connectivity index (χ2n) is 5.73. The van der Waals surface area contributed by atoms with E-state index >= 15 is 0 Å². The largest absolute Gasteiger partial charge is 0.452 e. The molecule has 0 aliphatic carbocycles. The quantitative estimate of drug-likeness (QED) is 0.319. The van der Waals surface area contributed by atoms with Gasteiger partial charge in [0.15, 0.2) is 6.10 Å². The molecule has 1 aliphatic rings. The van der Waals surface area contributed by atoms with Gasteiger partial charge >= 0.3 is 5.97 Å². The second-order valence-corrected chi connectivity index (χ2v) is 6.14. The number of non-ortho nitro benzene ring substituents is 1. The fourth-order valence-corrected chi connectivity index (χ4v) is 2.51. The van der Waals surface area contributed by atoms with E-state index < -0.39 is 22.9 Å². The highest BCUT2D eigenvalue weighted by atomic mass is 35.5. The molecule has 0 radical (unpaired) electrons. The summed E-state index contributed by atoms with van der Waals surface area (Å²) in [7, 11) is 0. The third kappa shape index (κ3) is 5.23. The summed E-state index contributed by atoms with van der Waals surface area (Å²) >= 11 is 5.89. The Balaban J connectivity index is 1.89. The van der Waals surface area contributed by atoms with Gasteiger partial charge in [0.25, 0.3) is 11.6 Å². The Hall–Kier alpha value is -3.01. The highest BCUT2D eigenvalue weighted by Gasteiger charge is 2.29. The van der Waals surface area contributed by atoms with E-state index in [1.165, 1.54) is 19.1 Å². The van der Waals surface area contributed by atoms with E-state index in [0.717, 1.165) is 11.0 Å². The Morgan fingerprint density at radius 1 is 1.33 bits per heavy atom. The molecule has 1 N–H and O–H groups in total. The molecule has 2 rings (SSSR count). The van der Waals surface area contributed by atoms with E-state index in [9.17, 15) is 29.3 Å². The molecule has 3 amide bonds. The zero-order chi connectivity index (χ0) is 20.1. The lowest BCUT2D eigenvalue weighted by molar-refractivity contribution is -0.384. The second kappa shape index (κ2) is 8.58. The molecule has 0 bridgehead atoms. The topological polar surface area (TPSA) is 136 Å². The van der Waals surface area contributed by atoms with Crippen molar-refractivity contribution in [3.63, 3.8) is 0 Å². The molecule has 1 aromatic carbocycles. The Kier molecular flexibility index (Phi) is 6.45. The van der Waals surface area contributed by atoms with E-state index in [0.29, 0.717) is 0 Å². The first-order chi connectivity index (χ1) is 12.7. The number of carbonyl (C=O) groups is 4. The van der Waals surface area contributed by atoms with Crippen LogP contribution in [0.3, 0.4) is 0 Å². The van der Waals surface area contributed by atoms with E-state index in [2.05, 4.69) is 5.32 Å². The monoisotopic (exact) mass is 397 g/mol. The Morgan fingerprint density at radius 2 is 1.96 bits per heavy atom. The average molecular weight is 398 g/mol. The van der Waals surface area contributed by atoms with Crippen molar-refractivity contribution < 1.29 is 28.8 Å². The molecule has 1 aliphatic heterocycles. The van der Waals surface area contributed by atoms with Gasteiger partial charge in [0, 0.05) is 31.5 Å². The predicted molar refractivity (Wildman–Crippen MR) is 92.9 cm³/mol. The highest BCUT2D eigenvalue weighted by molar-refractivity contribution is 6.33. The first-order valence-corrected chi connectivity index (χ1v) is 8.34. The van der Waals surface area contributed by atoms with Gasteiger partial charge in [0.2, 0.25) is 11.8 Å². The minimum atomic E-state index is -1.21. The number of likely N-dealkylation sites (tertiary alicyclic amines) is 1. The molecule has 11 heteroatoms. The lowest BCUT2D eigenvalue weighted by Gasteiger charge is -2.16. The number of hydrogen-bond donors (Lipinski definition) is 1. The van der Waals surface area contributed by atoms with Gasteiger partial charge < -0.3 is 10.1 Å². The summed E-state index contributed by atoms with van der Waals surface area (Å²) < 4.78 is 4.96. The maximum atomic E-state index is 12.1. The summed E-state index contributed by atoms with van der Waals surface area (Å²) in [6.07, 6.45) is -1.21. The van der Waals surface area contributed by atoms with Gasteiger partial charge in [-0.3, -0.25) is 34.2 Å². The number of hydrogen-bond acceptors (Lipinski definition) is 7. The van der Waals surface area contributed by atoms with Gasteiger partial charge in [-0.15, -0.1) is 0 Å². The van der Waals surface area contributed by atoms with Crippen molar-refractivity contribution in [1.82, 2.24) is 4.90 Å². The van der Waals surface area contributed by atoms with Crippen LogP contribution in [-0.4, -0.2) is 46.2 Å². The molecular weight excluding hydrogens is 382 g/mol. The van der Waals surface area contributed by atoms with E-state index in [1.807, 2.05) is 0 Å². The average Bonchev–Trinajstić information content (AvgIpc) is 2.92. The van der Waals surface area contributed by atoms with Gasteiger partial charge in [-0.2, -0.15) is 0 Å². The lowest BCUT2D eigenvalue weighted by Crippen LogP contribution is -2.34. The number of rotatable bonds is 7. The van der Waals surface area contributed by atoms with Crippen LogP contribution in [-0.2, 0) is 23.9 Å². The van der Waals surface area contributed by atoms with Crippen LogP contribution in [0.5, 0.6) is 0 Å². The van der Waals surface area contributed by atoms with Crippen LogP contribution in [0.25, 0.3) is 0 Å². The fourth-order valence-electron chi connectivity index (χ4n) is 2.34. The first kappa shape index (κ1) is 20.3. The zero-order valence-corrected chi connectivity index (χ0v) is 15.0. The van der Waals surface area contributed by atoms with Crippen molar-refractivity contribution in [3.8, 4) is 0 Å². The predicted octanol–water partition coefficient (Wildman–Crippen LogP) is 1.66. The molecule has 0 spiro atoms. The summed E-state index contributed by atoms with van der Waals surface area (Å²) in [5, 5.41) is 13.2. The number of nitro groups is 1. The third-order valence-electron chi connectivity index (χ3n) is 3.79. The number of benzene rings is 1. The summed E-state index contributed by atoms with van der Waals surface area (Å²) in [5.41, 5.74) is -0.258. The van der Waals surface area contributed by atoms with Crippen LogP contribution in [0, 0.1) is 10.1 Å². The minimum Gasteiger partial charge on any atom is -0.452 e. The maximum absolute atomic E-state index is 12.1. The summed E-state index contributed by atoms with van der Waals surface area (Å²) in [5.74, 6) is -2.20. The van der Waals surface area contributed by atoms with Gasteiger partial charge in [-0.25, -0.2) is 0 Å². The lowest BCUT2D eigenvalue weighted by atomic mass is 10.2. The number of carbonyl (C=O) groups excluding carboxylic acids is 4. The van der Waals surface area contributed by atoms with Crippen molar-refractivity contribution in [2.45, 2.75) is 32.3 Å². The SMILES string of the molecule is CC(OC(=O)CCN1C(=O)CCC1=O)C(=O)Nc1cc([N+](=O)[O-])ccc1Cl. The summed E-state index contributed by atoms with van der Waals surface area (Å²) in [6.45, 7) is 1.20. The molecule has 144 valence electrons. The molecular formula is C16H16ClN3O7. The Labute approximate surface area is 158 Å². The molecule has 0 saturated carbocycles. The van der Waals surface area contributed by atoms with Gasteiger partial charge in [-0.1, -0.05) is 11.6 Å². The molecule has 10 nitrogen and oxygen atoms in total. The van der Waals surface area contributed by atoms with Crippen molar-refractivity contribution >= 4 is 46.7 Å². The third-order valence-corrected chi connectivity index (χ3v) is 4.12. The number of ether oxygens (including phenoxy) is 1. The fraction of sp³-hybridized carbons (Fsp3) is 0.375. The number of anilines is 1. The molecule has 1 heterocycles. The Bertz CT molecular complexity index is 795. The zero-order valence-electron chi connectivity index (χ0n) is 14.3. The van der Waals surface area contributed by atoms with Crippen molar-refractivity contribution in [2.75, 3.05) is 11.9 Å². The number of halogens is 1. The van der Waals surface area contributed by atoms with Crippen LogP contribution in [0.1, 0.15) is 26.2 Å². The van der Waals surface area contributed by atoms with Crippen LogP contribution in [0.2, 0.25) is 5.02 Å². The number of imide groups is 1. The van der Waals surface area contributed by atoms with E-state index in [1.54, 1.807) is 0 Å². The summed E-state index contributed by atoms with van der Waals surface area (Å²) in [6, 6.07) is 3.53. The normalized spacial score (nSPS) is 14.8. The van der Waals surface area contributed by atoms with Crippen molar-refractivity contribution in [1.29, 1.82) is 0 Å². The number of nitrogens with one attached hydrogen (secondary N) is 1. The van der Waals surface area contributed by atoms with E-state index in [4.69, 9.17) is 16.3 Å². The maximum Gasteiger partial charge on any atom is 0.308 e. The molecule has 1 saturated heterocycles. The van der Waals surface area contributed by atoms with Crippen LogP contribution < -0.4 is 5.32 Å².